The molecule has 1 N–H and O–H groups in total. The number of amides is 2. The number of aryl methyl sites for hydroxylation is 3. The fraction of sp³-hybridized carbons (Fsp3) is 0.385. The van der Waals surface area contributed by atoms with E-state index in [0.717, 1.165) is 29.8 Å². The van der Waals surface area contributed by atoms with Gasteiger partial charge in [0.1, 0.15) is 18.2 Å². The van der Waals surface area contributed by atoms with Crippen LogP contribution in [0.15, 0.2) is 40.9 Å². The van der Waals surface area contributed by atoms with Crippen molar-refractivity contribution < 1.29 is 23.6 Å². The highest BCUT2D eigenvalue weighted by Gasteiger charge is 2.29. The second-order valence-electron chi connectivity index (χ2n) is 8.70. The second-order valence-corrected chi connectivity index (χ2v) is 8.70. The number of pyridine rings is 1. The monoisotopic (exact) mass is 478 g/mol. The van der Waals surface area contributed by atoms with Gasteiger partial charge < -0.3 is 24.2 Å². The molecule has 0 bridgehead atoms. The van der Waals surface area contributed by atoms with E-state index < -0.39 is 0 Å². The zero-order valence-corrected chi connectivity index (χ0v) is 20.5. The number of nitrogens with one attached hydrogen (secondary N) is 1. The molecule has 1 aliphatic rings. The highest BCUT2D eigenvalue weighted by atomic mass is 16.5. The lowest BCUT2D eigenvalue weighted by Gasteiger charge is -2.32. The smallest absolute Gasteiger partial charge is 0.254 e. The largest absolute Gasteiger partial charge is 0.493 e. The number of anilines is 1. The quantitative estimate of drug-likeness (QED) is 0.545. The molecule has 1 unspecified atom stereocenters. The molecule has 1 fully saturated rings. The summed E-state index contributed by atoms with van der Waals surface area (Å²) in [6, 6.07) is 10.6. The summed E-state index contributed by atoms with van der Waals surface area (Å²) in [5.41, 5.74) is 2.96. The minimum atomic E-state index is -0.297. The normalized spacial score (nSPS) is 15.5. The van der Waals surface area contributed by atoms with Crippen molar-refractivity contribution in [3.05, 3.63) is 64.7 Å². The lowest BCUT2D eigenvalue weighted by Crippen LogP contribution is -2.43. The third-order valence-corrected chi connectivity index (χ3v) is 6.18. The molecule has 1 atom stereocenters. The van der Waals surface area contributed by atoms with Gasteiger partial charge >= 0.3 is 0 Å². The molecule has 35 heavy (non-hydrogen) atoms. The van der Waals surface area contributed by atoms with Crippen LogP contribution in [-0.4, -0.2) is 47.1 Å². The van der Waals surface area contributed by atoms with E-state index in [2.05, 4.69) is 15.5 Å². The van der Waals surface area contributed by atoms with Gasteiger partial charge in [0.15, 0.2) is 11.5 Å². The van der Waals surface area contributed by atoms with Gasteiger partial charge in [0.25, 0.3) is 5.91 Å². The molecule has 4 rings (SSSR count). The molecule has 1 aromatic carbocycles. The Morgan fingerprint density at radius 3 is 2.71 bits per heavy atom. The van der Waals surface area contributed by atoms with Crippen LogP contribution in [0, 0.1) is 26.7 Å². The highest BCUT2D eigenvalue weighted by Crippen LogP contribution is 2.31. The molecule has 1 aliphatic heterocycles. The van der Waals surface area contributed by atoms with E-state index in [0.29, 0.717) is 41.7 Å². The predicted molar refractivity (Wildman–Crippen MR) is 130 cm³/mol. The molecule has 184 valence electrons. The maximum atomic E-state index is 13.2. The number of ether oxygens (including phenoxy) is 2. The Bertz CT molecular complexity index is 1200. The lowest BCUT2D eigenvalue weighted by molar-refractivity contribution is -0.121. The molecule has 3 aromatic rings. The number of methoxy groups -OCH3 is 1. The summed E-state index contributed by atoms with van der Waals surface area (Å²) in [4.78, 5) is 32.1. The molecule has 0 saturated carbocycles. The summed E-state index contributed by atoms with van der Waals surface area (Å²) in [7, 11) is 1.53. The Labute approximate surface area is 204 Å². The van der Waals surface area contributed by atoms with Gasteiger partial charge in [-0.1, -0.05) is 11.2 Å². The first-order chi connectivity index (χ1) is 16.9. The number of nitrogens with zero attached hydrogens (tertiary/aromatic N) is 3. The molecule has 1 saturated heterocycles. The van der Waals surface area contributed by atoms with Crippen LogP contribution in [0.5, 0.6) is 11.5 Å². The Balaban J connectivity index is 1.42. The average Bonchev–Trinajstić information content (AvgIpc) is 3.19. The molecule has 2 aromatic heterocycles. The van der Waals surface area contributed by atoms with Gasteiger partial charge in [-0.25, -0.2) is 4.98 Å². The van der Waals surface area contributed by atoms with Crippen LogP contribution in [0.2, 0.25) is 0 Å². The number of carbonyl (C=O) groups excluding carboxylic acids is 2. The van der Waals surface area contributed by atoms with E-state index in [-0.39, 0.29) is 24.3 Å². The van der Waals surface area contributed by atoms with Crippen molar-refractivity contribution in [2.75, 3.05) is 25.5 Å². The van der Waals surface area contributed by atoms with Crippen molar-refractivity contribution in [1.29, 1.82) is 0 Å². The van der Waals surface area contributed by atoms with E-state index in [1.807, 2.05) is 32.9 Å². The van der Waals surface area contributed by atoms with Gasteiger partial charge in [-0.15, -0.1) is 0 Å². The van der Waals surface area contributed by atoms with Crippen LogP contribution in [0.4, 0.5) is 5.82 Å². The molecule has 9 nitrogen and oxygen atoms in total. The van der Waals surface area contributed by atoms with E-state index in [1.54, 1.807) is 29.2 Å². The number of likely N-dealkylation sites (tertiary alicyclic amines) is 1. The predicted octanol–water partition coefficient (Wildman–Crippen LogP) is 4.07. The standard InChI is InChI=1S/C26H30N4O5/c1-16-7-5-9-24(27-16)28-25(31)20-8-6-12-30(14-20)26(32)19-10-11-22(23(13-19)33-4)34-15-21-17(2)29-35-18(21)3/h5,7,9-11,13,20H,6,8,12,14-15H2,1-4H3,(H,27,28,31). The second kappa shape index (κ2) is 10.6. The van der Waals surface area contributed by atoms with Crippen molar-refractivity contribution in [1.82, 2.24) is 15.0 Å². The summed E-state index contributed by atoms with van der Waals surface area (Å²) >= 11 is 0. The van der Waals surface area contributed by atoms with Crippen molar-refractivity contribution in [2.45, 2.75) is 40.2 Å². The van der Waals surface area contributed by atoms with Crippen LogP contribution in [0.25, 0.3) is 0 Å². The topological polar surface area (TPSA) is 107 Å². The number of hydrogen-bond acceptors (Lipinski definition) is 7. The summed E-state index contributed by atoms with van der Waals surface area (Å²) in [5, 5.41) is 6.81. The minimum absolute atomic E-state index is 0.124. The van der Waals surface area contributed by atoms with Gasteiger partial charge in [-0.2, -0.15) is 0 Å². The number of carbonyl (C=O) groups is 2. The van der Waals surface area contributed by atoms with Gasteiger partial charge in [-0.3, -0.25) is 9.59 Å². The molecule has 0 aliphatic carbocycles. The Kier molecular flexibility index (Phi) is 7.33. The summed E-state index contributed by atoms with van der Waals surface area (Å²) < 4.78 is 16.6. The fourth-order valence-electron chi connectivity index (χ4n) is 4.18. The molecule has 9 heteroatoms. The molecule has 3 heterocycles. The average molecular weight is 479 g/mol. The van der Waals surface area contributed by atoms with Gasteiger partial charge in [0.2, 0.25) is 5.91 Å². The van der Waals surface area contributed by atoms with Gasteiger partial charge in [-0.05, 0) is 63.9 Å². The maximum Gasteiger partial charge on any atom is 0.254 e. The van der Waals surface area contributed by atoms with E-state index >= 15 is 0 Å². The van der Waals surface area contributed by atoms with Crippen molar-refractivity contribution >= 4 is 17.6 Å². The number of rotatable bonds is 7. The highest BCUT2D eigenvalue weighted by molar-refractivity contribution is 5.96. The van der Waals surface area contributed by atoms with Crippen molar-refractivity contribution in [3.8, 4) is 11.5 Å². The Morgan fingerprint density at radius 2 is 2.00 bits per heavy atom. The number of aromatic nitrogens is 2. The van der Waals surface area contributed by atoms with E-state index in [9.17, 15) is 9.59 Å². The number of hydrogen-bond donors (Lipinski definition) is 1. The van der Waals surface area contributed by atoms with E-state index in [1.165, 1.54) is 7.11 Å². The first-order valence-electron chi connectivity index (χ1n) is 11.6. The van der Waals surface area contributed by atoms with Gasteiger partial charge in [0, 0.05) is 24.3 Å². The Hall–Kier alpha value is -3.88. The van der Waals surface area contributed by atoms with Crippen molar-refractivity contribution in [3.63, 3.8) is 0 Å². The van der Waals surface area contributed by atoms with Crippen LogP contribution < -0.4 is 14.8 Å². The molecule has 0 radical (unpaired) electrons. The molecule has 2 amide bonds. The summed E-state index contributed by atoms with van der Waals surface area (Å²) in [6.45, 7) is 6.79. The molecular weight excluding hydrogens is 448 g/mol. The zero-order valence-electron chi connectivity index (χ0n) is 20.5. The third-order valence-electron chi connectivity index (χ3n) is 6.18. The molecule has 0 spiro atoms. The van der Waals surface area contributed by atoms with E-state index in [4.69, 9.17) is 14.0 Å². The van der Waals surface area contributed by atoms with Crippen LogP contribution >= 0.6 is 0 Å². The van der Waals surface area contributed by atoms with Gasteiger partial charge in [0.05, 0.1) is 24.3 Å². The Morgan fingerprint density at radius 1 is 1.17 bits per heavy atom. The minimum Gasteiger partial charge on any atom is -0.493 e. The third kappa shape index (κ3) is 5.62. The SMILES string of the molecule is COc1cc(C(=O)N2CCCC(C(=O)Nc3cccc(C)n3)C2)ccc1OCc1c(C)noc1C. The first kappa shape index (κ1) is 24.3. The van der Waals surface area contributed by atoms with Crippen LogP contribution in [0.1, 0.15) is 45.9 Å². The molecular formula is C26H30N4O5. The first-order valence-corrected chi connectivity index (χ1v) is 11.6. The zero-order chi connectivity index (χ0) is 24.9. The van der Waals surface area contributed by atoms with Crippen LogP contribution in [0.3, 0.4) is 0 Å². The maximum absolute atomic E-state index is 13.2. The number of benzene rings is 1. The van der Waals surface area contributed by atoms with Crippen LogP contribution in [-0.2, 0) is 11.4 Å². The number of piperidine rings is 1. The summed E-state index contributed by atoms with van der Waals surface area (Å²) in [5.74, 6) is 1.64. The summed E-state index contributed by atoms with van der Waals surface area (Å²) in [6.07, 6.45) is 1.47. The fourth-order valence-corrected chi connectivity index (χ4v) is 4.18. The lowest BCUT2D eigenvalue weighted by atomic mass is 9.96. The van der Waals surface area contributed by atoms with Crippen molar-refractivity contribution in [2.24, 2.45) is 5.92 Å².